The topological polar surface area (TPSA) is 37.3 Å². The first kappa shape index (κ1) is 11.0. The van der Waals surface area contributed by atoms with Crippen LogP contribution in [0.25, 0.3) is 0 Å². The summed E-state index contributed by atoms with van der Waals surface area (Å²) in [6.07, 6.45) is 4.52. The van der Waals surface area contributed by atoms with E-state index in [0.717, 1.165) is 12.8 Å². The number of aliphatic carboxylic acids is 1. The predicted octanol–water partition coefficient (Wildman–Crippen LogP) is 2.76. The Hall–Kier alpha value is -1.05. The van der Waals surface area contributed by atoms with Crippen molar-refractivity contribution in [2.45, 2.75) is 33.1 Å². The summed E-state index contributed by atoms with van der Waals surface area (Å²) in [4.78, 5) is 10.3. The van der Waals surface area contributed by atoms with E-state index < -0.39 is 5.97 Å². The molecule has 0 aromatic rings. The first-order valence-electron chi connectivity index (χ1n) is 4.14. The van der Waals surface area contributed by atoms with Crippen LogP contribution in [0.3, 0.4) is 0 Å². The van der Waals surface area contributed by atoms with Crippen molar-refractivity contribution >= 4 is 5.97 Å². The normalized spacial score (nSPS) is 11.3. The lowest BCUT2D eigenvalue weighted by molar-refractivity contribution is -0.132. The Morgan fingerprint density at radius 3 is 2.58 bits per heavy atom. The highest BCUT2D eigenvalue weighted by molar-refractivity contribution is 5.86. The van der Waals surface area contributed by atoms with Crippen LogP contribution < -0.4 is 0 Å². The van der Waals surface area contributed by atoms with E-state index in [9.17, 15) is 4.79 Å². The molecule has 1 N–H and O–H groups in total. The average molecular weight is 168 g/mol. The zero-order chi connectivity index (χ0) is 9.56. The molecule has 0 aliphatic heterocycles. The SMILES string of the molecule is C=C(C/C=C(\C)CCC)C(=O)O. The van der Waals surface area contributed by atoms with Crippen LogP contribution in [0, 0.1) is 0 Å². The minimum absolute atomic E-state index is 0.255. The molecule has 0 unspecified atom stereocenters. The third kappa shape index (κ3) is 4.72. The zero-order valence-electron chi connectivity index (χ0n) is 7.76. The van der Waals surface area contributed by atoms with Gasteiger partial charge in [0, 0.05) is 5.57 Å². The van der Waals surface area contributed by atoms with E-state index in [1.807, 2.05) is 13.0 Å². The maximum Gasteiger partial charge on any atom is 0.331 e. The lowest BCUT2D eigenvalue weighted by Crippen LogP contribution is -1.97. The highest BCUT2D eigenvalue weighted by Crippen LogP contribution is 2.07. The summed E-state index contributed by atoms with van der Waals surface area (Å²) in [7, 11) is 0. The van der Waals surface area contributed by atoms with E-state index in [1.165, 1.54) is 5.57 Å². The third-order valence-corrected chi connectivity index (χ3v) is 1.64. The number of carboxylic acids is 1. The molecule has 0 aliphatic carbocycles. The minimum atomic E-state index is -0.907. The molecule has 0 aliphatic rings. The molecule has 0 aromatic heterocycles. The van der Waals surface area contributed by atoms with Crippen molar-refractivity contribution in [1.29, 1.82) is 0 Å². The molecule has 0 rings (SSSR count). The van der Waals surface area contributed by atoms with Crippen molar-refractivity contribution < 1.29 is 9.90 Å². The molecule has 2 heteroatoms. The summed E-state index contributed by atoms with van der Waals surface area (Å²) in [5.41, 5.74) is 1.49. The van der Waals surface area contributed by atoms with E-state index >= 15 is 0 Å². The van der Waals surface area contributed by atoms with Crippen LogP contribution in [-0.4, -0.2) is 11.1 Å². The van der Waals surface area contributed by atoms with Gasteiger partial charge in [0.05, 0.1) is 0 Å². The second-order valence-corrected chi connectivity index (χ2v) is 2.91. The summed E-state index contributed by atoms with van der Waals surface area (Å²) in [5.74, 6) is -0.907. The summed E-state index contributed by atoms with van der Waals surface area (Å²) in [6.45, 7) is 7.56. The fourth-order valence-corrected chi connectivity index (χ4v) is 0.881. The van der Waals surface area contributed by atoms with E-state index in [0.29, 0.717) is 6.42 Å². The van der Waals surface area contributed by atoms with Gasteiger partial charge >= 0.3 is 5.97 Å². The van der Waals surface area contributed by atoms with Crippen LogP contribution >= 0.6 is 0 Å². The maximum atomic E-state index is 10.3. The van der Waals surface area contributed by atoms with Gasteiger partial charge in [-0.25, -0.2) is 4.79 Å². The number of rotatable bonds is 5. The van der Waals surface area contributed by atoms with Gasteiger partial charge in [-0.05, 0) is 19.8 Å². The lowest BCUT2D eigenvalue weighted by Gasteiger charge is -1.98. The van der Waals surface area contributed by atoms with Gasteiger partial charge in [-0.15, -0.1) is 0 Å². The molecule has 68 valence electrons. The van der Waals surface area contributed by atoms with E-state index in [1.54, 1.807) is 0 Å². The number of allylic oxidation sites excluding steroid dienone is 2. The van der Waals surface area contributed by atoms with E-state index in [2.05, 4.69) is 13.5 Å². The van der Waals surface area contributed by atoms with E-state index in [4.69, 9.17) is 5.11 Å². The van der Waals surface area contributed by atoms with Crippen molar-refractivity contribution in [3.8, 4) is 0 Å². The molecule has 0 saturated heterocycles. The number of carbonyl (C=O) groups is 1. The molecular formula is C10H16O2. The quantitative estimate of drug-likeness (QED) is 0.506. The van der Waals surface area contributed by atoms with Gasteiger partial charge in [0.2, 0.25) is 0 Å². The Labute approximate surface area is 73.6 Å². The van der Waals surface area contributed by atoms with Gasteiger partial charge in [0.1, 0.15) is 0 Å². The summed E-state index contributed by atoms with van der Waals surface area (Å²) < 4.78 is 0. The van der Waals surface area contributed by atoms with Crippen LogP contribution in [0.1, 0.15) is 33.1 Å². The molecular weight excluding hydrogens is 152 g/mol. The van der Waals surface area contributed by atoms with Crippen LogP contribution in [0.15, 0.2) is 23.8 Å². The first-order valence-corrected chi connectivity index (χ1v) is 4.14. The van der Waals surface area contributed by atoms with Crippen molar-refractivity contribution in [1.82, 2.24) is 0 Å². The Kier molecular flexibility index (Phi) is 5.09. The molecule has 0 heterocycles. The second-order valence-electron chi connectivity index (χ2n) is 2.91. The molecule has 0 bridgehead atoms. The van der Waals surface area contributed by atoms with Crippen LogP contribution in [-0.2, 0) is 4.79 Å². The fourth-order valence-electron chi connectivity index (χ4n) is 0.881. The number of hydrogen-bond donors (Lipinski definition) is 1. The van der Waals surface area contributed by atoms with Gasteiger partial charge in [-0.3, -0.25) is 0 Å². The number of hydrogen-bond acceptors (Lipinski definition) is 1. The fraction of sp³-hybridized carbons (Fsp3) is 0.500. The van der Waals surface area contributed by atoms with Crippen LogP contribution in [0.2, 0.25) is 0 Å². The largest absolute Gasteiger partial charge is 0.478 e. The number of carboxylic acid groups (broad SMARTS) is 1. The average Bonchev–Trinajstić information content (AvgIpc) is 2.00. The van der Waals surface area contributed by atoms with Gasteiger partial charge < -0.3 is 5.11 Å². The predicted molar refractivity (Wildman–Crippen MR) is 50.1 cm³/mol. The van der Waals surface area contributed by atoms with E-state index in [-0.39, 0.29) is 5.57 Å². The van der Waals surface area contributed by atoms with Gasteiger partial charge in [0.25, 0.3) is 0 Å². The van der Waals surface area contributed by atoms with Crippen molar-refractivity contribution in [3.05, 3.63) is 23.8 Å². The molecule has 0 fully saturated rings. The third-order valence-electron chi connectivity index (χ3n) is 1.64. The highest BCUT2D eigenvalue weighted by Gasteiger charge is 2.00. The Morgan fingerprint density at radius 2 is 2.17 bits per heavy atom. The Bertz CT molecular complexity index is 202. The van der Waals surface area contributed by atoms with Gasteiger partial charge in [-0.1, -0.05) is 31.6 Å². The van der Waals surface area contributed by atoms with Crippen molar-refractivity contribution in [2.24, 2.45) is 0 Å². The molecule has 2 nitrogen and oxygen atoms in total. The highest BCUT2D eigenvalue weighted by atomic mass is 16.4. The standard InChI is InChI=1S/C10H16O2/c1-4-5-8(2)6-7-9(3)10(11)12/h6H,3-5,7H2,1-2H3,(H,11,12)/b8-6+. The molecule has 0 amide bonds. The summed E-state index contributed by atoms with van der Waals surface area (Å²) in [6, 6.07) is 0. The van der Waals surface area contributed by atoms with Crippen molar-refractivity contribution in [2.75, 3.05) is 0 Å². The van der Waals surface area contributed by atoms with Gasteiger partial charge in [0.15, 0.2) is 0 Å². The first-order chi connectivity index (χ1) is 5.57. The minimum Gasteiger partial charge on any atom is -0.478 e. The van der Waals surface area contributed by atoms with Crippen molar-refractivity contribution in [3.63, 3.8) is 0 Å². The molecule has 0 atom stereocenters. The summed E-state index contributed by atoms with van der Waals surface area (Å²) in [5, 5.41) is 8.50. The molecule has 0 saturated carbocycles. The monoisotopic (exact) mass is 168 g/mol. The van der Waals surface area contributed by atoms with Crippen LogP contribution in [0.5, 0.6) is 0 Å². The zero-order valence-corrected chi connectivity index (χ0v) is 7.76. The Balaban J connectivity index is 3.87. The Morgan fingerprint density at radius 1 is 1.58 bits per heavy atom. The molecule has 0 radical (unpaired) electrons. The lowest BCUT2D eigenvalue weighted by atomic mass is 10.1. The molecule has 12 heavy (non-hydrogen) atoms. The van der Waals surface area contributed by atoms with Gasteiger partial charge in [-0.2, -0.15) is 0 Å². The second kappa shape index (κ2) is 5.58. The molecule has 0 spiro atoms. The smallest absolute Gasteiger partial charge is 0.331 e. The maximum absolute atomic E-state index is 10.3. The van der Waals surface area contributed by atoms with Crippen LogP contribution in [0.4, 0.5) is 0 Å². The molecule has 0 aromatic carbocycles. The summed E-state index contributed by atoms with van der Waals surface area (Å²) >= 11 is 0.